The van der Waals surface area contributed by atoms with Crippen LogP contribution in [0.25, 0.3) is 0 Å². The topological polar surface area (TPSA) is 46.9 Å². The average molecular weight is 420 g/mol. The monoisotopic (exact) mass is 419 g/mol. The van der Waals surface area contributed by atoms with E-state index in [1.54, 1.807) is 24.3 Å². The number of imidazole rings is 1. The Morgan fingerprint density at radius 3 is 2.52 bits per heavy atom. The third kappa shape index (κ3) is 5.76. The summed E-state index contributed by atoms with van der Waals surface area (Å²) in [5.41, 5.74) is 2.71. The largest absolute Gasteiger partial charge is 0.351 e. The van der Waals surface area contributed by atoms with Crippen molar-refractivity contribution in [3.8, 4) is 0 Å². The number of hydrogen-bond donors (Lipinski definition) is 1. The van der Waals surface area contributed by atoms with E-state index in [9.17, 15) is 4.79 Å². The summed E-state index contributed by atoms with van der Waals surface area (Å²) in [6, 6.07) is 13.1. The lowest BCUT2D eigenvalue weighted by atomic mass is 10.1. The molecular weight excluding hydrogens is 401 g/mol. The molecule has 1 N–H and O–H groups in total. The molecule has 140 valence electrons. The lowest BCUT2D eigenvalue weighted by Gasteiger charge is -2.08. The van der Waals surface area contributed by atoms with Crippen LogP contribution in [-0.2, 0) is 12.3 Å². The lowest BCUT2D eigenvalue weighted by Crippen LogP contribution is -2.25. The Morgan fingerprint density at radius 1 is 1.11 bits per heavy atom. The predicted molar refractivity (Wildman–Crippen MR) is 113 cm³/mol. The second-order valence-corrected chi connectivity index (χ2v) is 7.86. The van der Waals surface area contributed by atoms with E-state index in [0.29, 0.717) is 22.2 Å². The molecule has 27 heavy (non-hydrogen) atoms. The van der Waals surface area contributed by atoms with Crippen LogP contribution in [0.15, 0.2) is 61.2 Å². The van der Waals surface area contributed by atoms with Crippen molar-refractivity contribution in [2.24, 2.45) is 0 Å². The average Bonchev–Trinajstić information content (AvgIpc) is 3.17. The van der Waals surface area contributed by atoms with Crippen LogP contribution >= 0.6 is 35.0 Å². The summed E-state index contributed by atoms with van der Waals surface area (Å²) < 4.78 is 1.98. The zero-order valence-corrected chi connectivity index (χ0v) is 16.9. The smallest absolute Gasteiger partial charge is 0.251 e. The number of rotatable bonds is 8. The second-order valence-electron chi connectivity index (χ2n) is 5.94. The number of halogens is 2. The summed E-state index contributed by atoms with van der Waals surface area (Å²) in [6.07, 6.45) is 5.43. The fraction of sp³-hybridized carbons (Fsp3) is 0.200. The number of nitrogens with one attached hydrogen (secondary N) is 1. The molecular formula is C20H19Cl2N3OS. The number of benzene rings is 2. The minimum absolute atomic E-state index is 0.0689. The third-order valence-electron chi connectivity index (χ3n) is 3.98. The Morgan fingerprint density at radius 2 is 1.85 bits per heavy atom. The van der Waals surface area contributed by atoms with Gasteiger partial charge in [0.25, 0.3) is 5.91 Å². The van der Waals surface area contributed by atoms with Gasteiger partial charge in [-0.05, 0) is 35.4 Å². The molecule has 2 aromatic carbocycles. The van der Waals surface area contributed by atoms with Crippen molar-refractivity contribution in [3.63, 3.8) is 0 Å². The van der Waals surface area contributed by atoms with Gasteiger partial charge in [-0.15, -0.1) is 0 Å². The molecule has 3 aromatic rings. The van der Waals surface area contributed by atoms with Crippen molar-refractivity contribution in [2.45, 2.75) is 12.3 Å². The molecule has 0 aliphatic heterocycles. The molecule has 1 aromatic heterocycles. The van der Waals surface area contributed by atoms with Crippen LogP contribution in [0.4, 0.5) is 0 Å². The molecule has 0 bridgehead atoms. The highest BCUT2D eigenvalue weighted by Gasteiger charge is 2.07. The lowest BCUT2D eigenvalue weighted by molar-refractivity contribution is 0.0956. The molecule has 0 fully saturated rings. The van der Waals surface area contributed by atoms with Crippen LogP contribution in [0.3, 0.4) is 0 Å². The van der Waals surface area contributed by atoms with Crippen LogP contribution in [0.5, 0.6) is 0 Å². The van der Waals surface area contributed by atoms with E-state index in [-0.39, 0.29) is 5.91 Å². The van der Waals surface area contributed by atoms with E-state index in [1.165, 1.54) is 0 Å². The van der Waals surface area contributed by atoms with E-state index in [0.717, 1.165) is 29.2 Å². The van der Waals surface area contributed by atoms with E-state index in [1.807, 2.05) is 53.2 Å². The maximum Gasteiger partial charge on any atom is 0.251 e. The molecule has 1 amide bonds. The van der Waals surface area contributed by atoms with Gasteiger partial charge in [0.05, 0.1) is 6.33 Å². The van der Waals surface area contributed by atoms with E-state index in [2.05, 4.69) is 10.3 Å². The highest BCUT2D eigenvalue weighted by atomic mass is 35.5. The summed E-state index contributed by atoms with van der Waals surface area (Å²) in [5, 5.41) is 4.29. The van der Waals surface area contributed by atoms with E-state index < -0.39 is 0 Å². The number of aromatic nitrogens is 2. The molecule has 0 aliphatic rings. The number of carbonyl (C=O) groups excluding carboxylic acids is 1. The number of thioether (sulfide) groups is 1. The highest BCUT2D eigenvalue weighted by Crippen LogP contribution is 2.27. The molecule has 0 aliphatic carbocycles. The summed E-state index contributed by atoms with van der Waals surface area (Å²) in [5.74, 6) is 1.43. The quantitative estimate of drug-likeness (QED) is 0.528. The normalized spacial score (nSPS) is 10.7. The zero-order chi connectivity index (χ0) is 19.1. The van der Waals surface area contributed by atoms with Crippen molar-refractivity contribution >= 4 is 40.9 Å². The first-order valence-corrected chi connectivity index (χ1v) is 10.4. The van der Waals surface area contributed by atoms with Gasteiger partial charge < -0.3 is 9.88 Å². The molecule has 0 spiro atoms. The Hall–Kier alpha value is -1.95. The van der Waals surface area contributed by atoms with Crippen molar-refractivity contribution < 1.29 is 4.79 Å². The SMILES string of the molecule is O=C(NCCSCc1c(Cl)cccc1Cl)c1ccc(Cn2ccnc2)cc1. The van der Waals surface area contributed by atoms with Gasteiger partial charge in [0.1, 0.15) is 0 Å². The van der Waals surface area contributed by atoms with Crippen molar-refractivity contribution in [3.05, 3.63) is 87.9 Å². The fourth-order valence-corrected chi connectivity index (χ4v) is 4.13. The predicted octanol–water partition coefficient (Wildman–Crippen LogP) is 4.90. The van der Waals surface area contributed by atoms with Gasteiger partial charge in [-0.2, -0.15) is 11.8 Å². The Bertz CT molecular complexity index is 863. The Labute approximate surface area is 172 Å². The van der Waals surface area contributed by atoms with Crippen LogP contribution in [-0.4, -0.2) is 27.8 Å². The minimum atomic E-state index is -0.0689. The van der Waals surface area contributed by atoms with E-state index >= 15 is 0 Å². The number of hydrogen-bond acceptors (Lipinski definition) is 3. The van der Waals surface area contributed by atoms with E-state index in [4.69, 9.17) is 23.2 Å². The molecule has 0 radical (unpaired) electrons. The molecule has 0 unspecified atom stereocenters. The van der Waals surface area contributed by atoms with Crippen molar-refractivity contribution in [1.82, 2.24) is 14.9 Å². The molecule has 3 rings (SSSR count). The molecule has 1 heterocycles. The standard InChI is InChI=1S/C20H19Cl2N3OS/c21-18-2-1-3-19(22)17(18)13-27-11-9-24-20(26)16-6-4-15(5-7-16)12-25-10-8-23-14-25/h1-8,10,14H,9,11-13H2,(H,24,26). The van der Waals surface area contributed by atoms with Gasteiger partial charge in [0.2, 0.25) is 0 Å². The minimum Gasteiger partial charge on any atom is -0.351 e. The summed E-state index contributed by atoms with van der Waals surface area (Å²) >= 11 is 14.0. The maximum absolute atomic E-state index is 12.2. The molecule has 7 heteroatoms. The molecule has 4 nitrogen and oxygen atoms in total. The fourth-order valence-electron chi connectivity index (χ4n) is 2.54. The van der Waals surface area contributed by atoms with Gasteiger partial charge in [-0.3, -0.25) is 4.79 Å². The van der Waals surface area contributed by atoms with Gasteiger partial charge >= 0.3 is 0 Å². The highest BCUT2D eigenvalue weighted by molar-refractivity contribution is 7.98. The molecule has 0 saturated heterocycles. The van der Waals surface area contributed by atoms with Gasteiger partial charge in [0.15, 0.2) is 0 Å². The first kappa shape index (κ1) is 19.8. The van der Waals surface area contributed by atoms with Crippen LogP contribution < -0.4 is 5.32 Å². The zero-order valence-electron chi connectivity index (χ0n) is 14.6. The third-order valence-corrected chi connectivity index (χ3v) is 5.67. The first-order valence-electron chi connectivity index (χ1n) is 8.47. The van der Waals surface area contributed by atoms with Crippen LogP contribution in [0.1, 0.15) is 21.5 Å². The summed E-state index contributed by atoms with van der Waals surface area (Å²) in [6.45, 7) is 1.32. The Kier molecular flexibility index (Phi) is 7.21. The Balaban J connectivity index is 1.41. The number of nitrogens with zero attached hydrogens (tertiary/aromatic N) is 2. The van der Waals surface area contributed by atoms with Crippen LogP contribution in [0.2, 0.25) is 10.0 Å². The van der Waals surface area contributed by atoms with Gasteiger partial charge in [-0.1, -0.05) is 41.4 Å². The number of carbonyl (C=O) groups is 1. The van der Waals surface area contributed by atoms with Crippen molar-refractivity contribution in [1.29, 1.82) is 0 Å². The van der Waals surface area contributed by atoms with Gasteiger partial charge in [0, 0.05) is 52.6 Å². The van der Waals surface area contributed by atoms with Crippen LogP contribution in [0, 0.1) is 0 Å². The molecule has 0 atom stereocenters. The van der Waals surface area contributed by atoms with Gasteiger partial charge in [-0.25, -0.2) is 4.98 Å². The molecule has 0 saturated carbocycles. The number of amides is 1. The van der Waals surface area contributed by atoms with Crippen molar-refractivity contribution in [2.75, 3.05) is 12.3 Å². The first-order chi connectivity index (χ1) is 13.1. The second kappa shape index (κ2) is 9.83. The maximum atomic E-state index is 12.2. The summed E-state index contributed by atoms with van der Waals surface area (Å²) in [4.78, 5) is 16.3. The summed E-state index contributed by atoms with van der Waals surface area (Å²) in [7, 11) is 0.